The normalized spacial score (nSPS) is 19.3. The van der Waals surface area contributed by atoms with Crippen molar-refractivity contribution in [2.24, 2.45) is 5.41 Å². The zero-order valence-corrected chi connectivity index (χ0v) is 16.2. The Labute approximate surface area is 160 Å². The van der Waals surface area contributed by atoms with Gasteiger partial charge in [0.1, 0.15) is 5.75 Å². The Morgan fingerprint density at radius 1 is 1.15 bits per heavy atom. The van der Waals surface area contributed by atoms with Gasteiger partial charge in [-0.1, -0.05) is 0 Å². The summed E-state index contributed by atoms with van der Waals surface area (Å²) in [6.07, 6.45) is 3.38. The van der Waals surface area contributed by atoms with Gasteiger partial charge in [-0.25, -0.2) is 4.79 Å². The van der Waals surface area contributed by atoms with Gasteiger partial charge in [-0.15, -0.1) is 0 Å². The average Bonchev–Trinajstić information content (AvgIpc) is 2.70. The highest BCUT2D eigenvalue weighted by Crippen LogP contribution is 2.40. The number of carbonyl (C=O) groups is 2. The van der Waals surface area contributed by atoms with Crippen LogP contribution in [0.15, 0.2) is 24.3 Å². The number of rotatable bonds is 5. The first-order chi connectivity index (χ1) is 13.0. The molecule has 0 aliphatic carbocycles. The molecule has 0 aromatic heterocycles. The minimum atomic E-state index is -0.0712. The number of methoxy groups -OCH3 is 2. The van der Waals surface area contributed by atoms with Gasteiger partial charge < -0.3 is 24.6 Å². The summed E-state index contributed by atoms with van der Waals surface area (Å²) < 4.78 is 10.3. The molecule has 2 aliphatic rings. The van der Waals surface area contributed by atoms with Crippen LogP contribution in [0.3, 0.4) is 0 Å². The smallest absolute Gasteiger partial charge is 0.321 e. The first-order valence-electron chi connectivity index (χ1n) is 9.52. The van der Waals surface area contributed by atoms with Gasteiger partial charge in [0.2, 0.25) is 5.91 Å². The summed E-state index contributed by atoms with van der Waals surface area (Å²) in [6.45, 7) is 3.43. The summed E-state index contributed by atoms with van der Waals surface area (Å²) in [6, 6.07) is 7.26. The largest absolute Gasteiger partial charge is 0.497 e. The number of piperidine rings is 2. The number of likely N-dealkylation sites (tertiary alicyclic amines) is 2. The van der Waals surface area contributed by atoms with E-state index in [0.717, 1.165) is 37.2 Å². The van der Waals surface area contributed by atoms with Gasteiger partial charge in [-0.05, 0) is 48.9 Å². The molecule has 2 saturated heterocycles. The molecular formula is C20H29N3O4. The topological polar surface area (TPSA) is 71.1 Å². The van der Waals surface area contributed by atoms with Crippen LogP contribution in [0.5, 0.6) is 5.75 Å². The Morgan fingerprint density at radius 3 is 2.48 bits per heavy atom. The van der Waals surface area contributed by atoms with Crippen molar-refractivity contribution in [3.63, 3.8) is 0 Å². The number of urea groups is 1. The van der Waals surface area contributed by atoms with Crippen molar-refractivity contribution in [3.05, 3.63) is 24.3 Å². The molecule has 1 spiro atoms. The number of carbonyl (C=O) groups excluding carboxylic acids is 2. The molecule has 0 atom stereocenters. The molecule has 3 rings (SSSR count). The van der Waals surface area contributed by atoms with Crippen LogP contribution < -0.4 is 10.1 Å². The highest BCUT2D eigenvalue weighted by Gasteiger charge is 2.41. The summed E-state index contributed by atoms with van der Waals surface area (Å²) >= 11 is 0. The van der Waals surface area contributed by atoms with E-state index < -0.39 is 0 Å². The minimum absolute atomic E-state index is 0.0712. The van der Waals surface area contributed by atoms with Crippen LogP contribution in [0.25, 0.3) is 0 Å². The van der Waals surface area contributed by atoms with E-state index >= 15 is 0 Å². The van der Waals surface area contributed by atoms with E-state index in [-0.39, 0.29) is 17.4 Å². The van der Waals surface area contributed by atoms with Gasteiger partial charge in [0, 0.05) is 45.4 Å². The lowest BCUT2D eigenvalue weighted by atomic mass is 9.72. The molecule has 27 heavy (non-hydrogen) atoms. The SMILES string of the molecule is COCCN1CC2(CCC1=O)CCN(C(=O)Nc1ccc(OC)cc1)CC2. The van der Waals surface area contributed by atoms with Crippen molar-refractivity contribution < 1.29 is 19.1 Å². The molecule has 1 N–H and O–H groups in total. The lowest BCUT2D eigenvalue weighted by Gasteiger charge is -2.47. The second kappa shape index (κ2) is 8.61. The molecule has 2 aliphatic heterocycles. The number of amides is 3. The molecular weight excluding hydrogens is 346 g/mol. The predicted molar refractivity (Wildman–Crippen MR) is 103 cm³/mol. The van der Waals surface area contributed by atoms with Crippen LogP contribution in [-0.4, -0.2) is 68.7 Å². The van der Waals surface area contributed by atoms with E-state index in [9.17, 15) is 9.59 Å². The van der Waals surface area contributed by atoms with Crippen molar-refractivity contribution in [3.8, 4) is 5.75 Å². The molecule has 0 bridgehead atoms. The molecule has 0 unspecified atom stereocenters. The third-order valence-corrected chi connectivity index (χ3v) is 5.77. The van der Waals surface area contributed by atoms with E-state index in [1.807, 2.05) is 34.1 Å². The maximum atomic E-state index is 12.6. The maximum absolute atomic E-state index is 12.6. The van der Waals surface area contributed by atoms with Crippen LogP contribution in [0.1, 0.15) is 25.7 Å². The fourth-order valence-corrected chi connectivity index (χ4v) is 3.98. The number of nitrogens with zero attached hydrogens (tertiary/aromatic N) is 2. The van der Waals surface area contributed by atoms with E-state index in [2.05, 4.69) is 5.32 Å². The molecule has 148 valence electrons. The van der Waals surface area contributed by atoms with Crippen LogP contribution in [-0.2, 0) is 9.53 Å². The molecule has 7 nitrogen and oxygen atoms in total. The molecule has 3 amide bonds. The average molecular weight is 375 g/mol. The molecule has 1 aromatic carbocycles. The number of hydrogen-bond acceptors (Lipinski definition) is 4. The summed E-state index contributed by atoms with van der Waals surface area (Å²) in [5.41, 5.74) is 0.897. The quantitative estimate of drug-likeness (QED) is 0.859. The van der Waals surface area contributed by atoms with E-state index in [1.54, 1.807) is 14.2 Å². The monoisotopic (exact) mass is 375 g/mol. The Balaban J connectivity index is 1.52. The van der Waals surface area contributed by atoms with Crippen molar-refractivity contribution >= 4 is 17.6 Å². The molecule has 2 heterocycles. The fourth-order valence-electron chi connectivity index (χ4n) is 3.98. The first-order valence-corrected chi connectivity index (χ1v) is 9.52. The van der Waals surface area contributed by atoms with E-state index in [0.29, 0.717) is 32.7 Å². The van der Waals surface area contributed by atoms with Gasteiger partial charge in [0.25, 0.3) is 0 Å². The van der Waals surface area contributed by atoms with Crippen LogP contribution in [0.2, 0.25) is 0 Å². The van der Waals surface area contributed by atoms with Crippen LogP contribution >= 0.6 is 0 Å². The van der Waals surface area contributed by atoms with Crippen molar-refractivity contribution in [2.75, 3.05) is 52.3 Å². The Kier molecular flexibility index (Phi) is 6.21. The second-order valence-corrected chi connectivity index (χ2v) is 7.45. The van der Waals surface area contributed by atoms with Gasteiger partial charge >= 0.3 is 6.03 Å². The standard InChI is InChI=1S/C20H29N3O4/c1-26-14-13-23-15-20(8-7-18(23)24)9-11-22(12-10-20)19(25)21-16-3-5-17(27-2)6-4-16/h3-6H,7-15H2,1-2H3,(H,21,25). The second-order valence-electron chi connectivity index (χ2n) is 7.45. The lowest BCUT2D eigenvalue weighted by molar-refractivity contribution is -0.139. The maximum Gasteiger partial charge on any atom is 0.321 e. The number of hydrogen-bond donors (Lipinski definition) is 1. The van der Waals surface area contributed by atoms with E-state index in [1.165, 1.54) is 0 Å². The minimum Gasteiger partial charge on any atom is -0.497 e. The molecule has 7 heteroatoms. The third kappa shape index (κ3) is 4.71. The highest BCUT2D eigenvalue weighted by atomic mass is 16.5. The summed E-state index contributed by atoms with van der Waals surface area (Å²) in [5, 5.41) is 2.95. The number of nitrogens with one attached hydrogen (secondary N) is 1. The number of ether oxygens (including phenoxy) is 2. The van der Waals surface area contributed by atoms with Gasteiger partial charge in [-0.2, -0.15) is 0 Å². The van der Waals surface area contributed by atoms with E-state index in [4.69, 9.17) is 9.47 Å². The number of benzene rings is 1. The van der Waals surface area contributed by atoms with Crippen LogP contribution in [0.4, 0.5) is 10.5 Å². The highest BCUT2D eigenvalue weighted by molar-refractivity contribution is 5.89. The summed E-state index contributed by atoms with van der Waals surface area (Å²) in [4.78, 5) is 28.5. The van der Waals surface area contributed by atoms with Gasteiger partial charge in [-0.3, -0.25) is 4.79 Å². The lowest BCUT2D eigenvalue weighted by Crippen LogP contribution is -2.53. The van der Waals surface area contributed by atoms with Gasteiger partial charge in [0.15, 0.2) is 0 Å². The first kappa shape index (κ1) is 19.5. The van der Waals surface area contributed by atoms with Crippen molar-refractivity contribution in [1.82, 2.24) is 9.80 Å². The summed E-state index contributed by atoms with van der Waals surface area (Å²) in [7, 11) is 3.27. The Bertz CT molecular complexity index is 654. The zero-order valence-electron chi connectivity index (χ0n) is 16.2. The van der Waals surface area contributed by atoms with Crippen molar-refractivity contribution in [1.29, 1.82) is 0 Å². The van der Waals surface area contributed by atoms with Crippen molar-refractivity contribution in [2.45, 2.75) is 25.7 Å². The third-order valence-electron chi connectivity index (χ3n) is 5.77. The predicted octanol–water partition coefficient (Wildman–Crippen LogP) is 2.58. The van der Waals surface area contributed by atoms with Gasteiger partial charge in [0.05, 0.1) is 13.7 Å². The Hall–Kier alpha value is -2.28. The molecule has 2 fully saturated rings. The number of anilines is 1. The molecule has 0 saturated carbocycles. The molecule has 0 radical (unpaired) electrons. The summed E-state index contributed by atoms with van der Waals surface area (Å²) in [5.74, 6) is 0.982. The zero-order chi connectivity index (χ0) is 19.3. The fraction of sp³-hybridized carbons (Fsp3) is 0.600. The Morgan fingerprint density at radius 2 is 1.85 bits per heavy atom. The van der Waals surface area contributed by atoms with Crippen LogP contribution in [0, 0.1) is 5.41 Å². The molecule has 1 aromatic rings.